The third kappa shape index (κ3) is 2.37. The Balaban J connectivity index is 2.17. The zero-order chi connectivity index (χ0) is 11.4. The fraction of sp³-hybridized carbons (Fsp3) is 0.273. The van der Waals surface area contributed by atoms with Crippen LogP contribution in [0.25, 0.3) is 0 Å². The van der Waals surface area contributed by atoms with Gasteiger partial charge in [-0.1, -0.05) is 0 Å². The largest absolute Gasteiger partial charge is 0.354 e. The van der Waals surface area contributed by atoms with Crippen LogP contribution in [0.15, 0.2) is 29.2 Å². The van der Waals surface area contributed by atoms with Crippen LogP contribution in [-0.4, -0.2) is 17.0 Å². The molecule has 0 spiro atoms. The first kappa shape index (κ1) is 11.0. The Morgan fingerprint density at radius 1 is 1.38 bits per heavy atom. The molecule has 0 radical (unpaired) electrons. The summed E-state index contributed by atoms with van der Waals surface area (Å²) in [5.41, 5.74) is 7.75. The van der Waals surface area contributed by atoms with E-state index in [0.29, 0.717) is 6.54 Å². The van der Waals surface area contributed by atoms with Gasteiger partial charge in [0.2, 0.25) is 0 Å². The van der Waals surface area contributed by atoms with Crippen molar-refractivity contribution in [3.05, 3.63) is 40.5 Å². The Bertz CT molecular complexity index is 441. The molecule has 0 atom stereocenters. The number of hydrogen-bond donors (Lipinski definition) is 1. The lowest BCUT2D eigenvalue weighted by atomic mass is 10.3. The summed E-state index contributed by atoms with van der Waals surface area (Å²) in [5, 5.41) is 4.21. The van der Waals surface area contributed by atoms with E-state index in [1.165, 1.54) is 5.56 Å². The van der Waals surface area contributed by atoms with Gasteiger partial charge in [0.25, 0.3) is 0 Å². The molecule has 0 amide bonds. The minimum Gasteiger partial charge on any atom is -0.354 e. The number of nitrogens with two attached hydrogens (primary N) is 1. The van der Waals surface area contributed by atoms with Crippen molar-refractivity contribution in [1.82, 2.24) is 9.97 Å². The van der Waals surface area contributed by atoms with Crippen molar-refractivity contribution in [2.24, 2.45) is 5.73 Å². The van der Waals surface area contributed by atoms with Crippen LogP contribution in [0, 0.1) is 0 Å². The fourth-order valence-electron chi connectivity index (χ4n) is 1.55. The number of thiophene rings is 1. The molecular formula is C11H14N4S. The predicted molar refractivity (Wildman–Crippen MR) is 66.3 cm³/mol. The molecule has 2 aromatic heterocycles. The molecular weight excluding hydrogens is 220 g/mol. The predicted octanol–water partition coefficient (Wildman–Crippen LogP) is 1.63. The van der Waals surface area contributed by atoms with Crippen molar-refractivity contribution in [3.8, 4) is 0 Å². The fourth-order valence-corrected chi connectivity index (χ4v) is 2.21. The van der Waals surface area contributed by atoms with Crippen molar-refractivity contribution < 1.29 is 0 Å². The van der Waals surface area contributed by atoms with Crippen molar-refractivity contribution in [2.75, 3.05) is 11.9 Å². The number of rotatable bonds is 4. The van der Waals surface area contributed by atoms with Gasteiger partial charge >= 0.3 is 0 Å². The Hall–Kier alpha value is -1.46. The van der Waals surface area contributed by atoms with Crippen molar-refractivity contribution in [3.63, 3.8) is 0 Å². The molecule has 0 saturated heterocycles. The average Bonchev–Trinajstić information content (AvgIpc) is 2.81. The maximum absolute atomic E-state index is 5.63. The molecule has 0 aromatic carbocycles. The molecule has 5 heteroatoms. The van der Waals surface area contributed by atoms with Gasteiger partial charge in [0.05, 0.1) is 5.69 Å². The minimum atomic E-state index is 0.414. The summed E-state index contributed by atoms with van der Waals surface area (Å²) >= 11 is 1.70. The SMILES string of the molecule is CN(Cc1ccsc1)c1nccnc1CN. The first-order valence-corrected chi connectivity index (χ1v) is 5.97. The van der Waals surface area contributed by atoms with Crippen LogP contribution < -0.4 is 10.6 Å². The highest BCUT2D eigenvalue weighted by Gasteiger charge is 2.09. The van der Waals surface area contributed by atoms with Crippen LogP contribution in [0.5, 0.6) is 0 Å². The second-order valence-electron chi connectivity index (χ2n) is 3.52. The lowest BCUT2D eigenvalue weighted by Gasteiger charge is -2.19. The molecule has 0 aliphatic rings. The van der Waals surface area contributed by atoms with E-state index >= 15 is 0 Å². The van der Waals surface area contributed by atoms with Crippen LogP contribution in [0.3, 0.4) is 0 Å². The molecule has 0 unspecified atom stereocenters. The molecule has 2 N–H and O–H groups in total. The molecule has 84 valence electrons. The summed E-state index contributed by atoms with van der Waals surface area (Å²) in [6, 6.07) is 2.11. The molecule has 0 aliphatic carbocycles. The molecule has 2 heterocycles. The molecule has 4 nitrogen and oxygen atoms in total. The monoisotopic (exact) mass is 234 g/mol. The third-order valence-corrected chi connectivity index (χ3v) is 3.04. The summed E-state index contributed by atoms with van der Waals surface area (Å²) in [6.07, 6.45) is 3.36. The standard InChI is InChI=1S/C11H14N4S/c1-15(7-9-2-5-16-8-9)11-10(6-12)13-3-4-14-11/h2-5,8H,6-7,12H2,1H3. The van der Waals surface area contributed by atoms with Crippen molar-refractivity contribution in [2.45, 2.75) is 13.1 Å². The molecule has 2 aromatic rings. The summed E-state index contributed by atoms with van der Waals surface area (Å²) < 4.78 is 0. The van der Waals surface area contributed by atoms with Gasteiger partial charge in [-0.05, 0) is 22.4 Å². The van der Waals surface area contributed by atoms with Gasteiger partial charge in [-0.15, -0.1) is 0 Å². The van der Waals surface area contributed by atoms with Gasteiger partial charge in [-0.3, -0.25) is 4.98 Å². The van der Waals surface area contributed by atoms with Gasteiger partial charge < -0.3 is 10.6 Å². The first-order valence-electron chi connectivity index (χ1n) is 5.03. The van der Waals surface area contributed by atoms with E-state index in [2.05, 4.69) is 31.7 Å². The number of aromatic nitrogens is 2. The summed E-state index contributed by atoms with van der Waals surface area (Å²) in [5.74, 6) is 0.858. The van der Waals surface area contributed by atoms with E-state index in [4.69, 9.17) is 5.73 Å². The highest BCUT2D eigenvalue weighted by atomic mass is 32.1. The quantitative estimate of drug-likeness (QED) is 0.873. The van der Waals surface area contributed by atoms with Gasteiger partial charge in [0, 0.05) is 32.5 Å². The van der Waals surface area contributed by atoms with Crippen molar-refractivity contribution >= 4 is 17.2 Å². The number of anilines is 1. The van der Waals surface area contributed by atoms with E-state index in [9.17, 15) is 0 Å². The van der Waals surface area contributed by atoms with Gasteiger partial charge in [-0.2, -0.15) is 11.3 Å². The maximum Gasteiger partial charge on any atom is 0.151 e. The number of nitrogens with zero attached hydrogens (tertiary/aromatic N) is 3. The molecule has 0 aliphatic heterocycles. The van der Waals surface area contributed by atoms with E-state index < -0.39 is 0 Å². The summed E-state index contributed by atoms with van der Waals surface area (Å²) in [4.78, 5) is 10.6. The lowest BCUT2D eigenvalue weighted by Crippen LogP contribution is -2.20. The highest BCUT2D eigenvalue weighted by molar-refractivity contribution is 7.07. The molecule has 0 saturated carbocycles. The second-order valence-corrected chi connectivity index (χ2v) is 4.30. The molecule has 0 fully saturated rings. The van der Waals surface area contributed by atoms with Crippen molar-refractivity contribution in [1.29, 1.82) is 0 Å². The topological polar surface area (TPSA) is 55.0 Å². The Morgan fingerprint density at radius 2 is 2.19 bits per heavy atom. The lowest BCUT2D eigenvalue weighted by molar-refractivity contribution is 0.855. The van der Waals surface area contributed by atoms with Crippen LogP contribution >= 0.6 is 11.3 Å². The molecule has 0 bridgehead atoms. The van der Waals surface area contributed by atoms with E-state index in [1.54, 1.807) is 23.7 Å². The van der Waals surface area contributed by atoms with Crippen LogP contribution in [0.2, 0.25) is 0 Å². The Kier molecular flexibility index (Phi) is 3.48. The van der Waals surface area contributed by atoms with Gasteiger partial charge in [0.15, 0.2) is 5.82 Å². The smallest absolute Gasteiger partial charge is 0.151 e. The zero-order valence-electron chi connectivity index (χ0n) is 9.13. The minimum absolute atomic E-state index is 0.414. The Labute approximate surface area is 98.8 Å². The molecule has 16 heavy (non-hydrogen) atoms. The van der Waals surface area contributed by atoms with Crippen LogP contribution in [-0.2, 0) is 13.1 Å². The first-order chi connectivity index (χ1) is 7.81. The van der Waals surface area contributed by atoms with E-state index in [0.717, 1.165) is 18.1 Å². The zero-order valence-corrected chi connectivity index (χ0v) is 9.94. The number of hydrogen-bond acceptors (Lipinski definition) is 5. The second kappa shape index (κ2) is 5.05. The van der Waals surface area contributed by atoms with E-state index in [-0.39, 0.29) is 0 Å². The normalized spacial score (nSPS) is 10.4. The van der Waals surface area contributed by atoms with Crippen LogP contribution in [0.1, 0.15) is 11.3 Å². The maximum atomic E-state index is 5.63. The molecule has 2 rings (SSSR count). The van der Waals surface area contributed by atoms with E-state index in [1.807, 2.05) is 7.05 Å². The van der Waals surface area contributed by atoms with Gasteiger partial charge in [-0.25, -0.2) is 4.98 Å². The Morgan fingerprint density at radius 3 is 2.88 bits per heavy atom. The van der Waals surface area contributed by atoms with Gasteiger partial charge in [0.1, 0.15) is 0 Å². The highest BCUT2D eigenvalue weighted by Crippen LogP contribution is 2.16. The third-order valence-electron chi connectivity index (χ3n) is 2.31. The average molecular weight is 234 g/mol. The summed E-state index contributed by atoms with van der Waals surface area (Å²) in [7, 11) is 2.00. The van der Waals surface area contributed by atoms with Crippen LogP contribution in [0.4, 0.5) is 5.82 Å². The summed E-state index contributed by atoms with van der Waals surface area (Å²) in [6.45, 7) is 1.24.